The lowest BCUT2D eigenvalue weighted by Gasteiger charge is -2.19. The first-order valence-corrected chi connectivity index (χ1v) is 6.78. The maximum atomic E-state index is 4.44. The van der Waals surface area contributed by atoms with E-state index >= 15 is 0 Å². The number of fused-ring (bicyclic) bond motifs is 1. The van der Waals surface area contributed by atoms with E-state index in [1.165, 1.54) is 29.8 Å². The van der Waals surface area contributed by atoms with E-state index in [1.807, 2.05) is 6.20 Å². The van der Waals surface area contributed by atoms with E-state index in [2.05, 4.69) is 46.2 Å². The number of anilines is 1. The van der Waals surface area contributed by atoms with Crippen LogP contribution in [0.25, 0.3) is 5.69 Å². The van der Waals surface area contributed by atoms with Gasteiger partial charge in [-0.2, -0.15) is 0 Å². The van der Waals surface area contributed by atoms with Gasteiger partial charge in [0.25, 0.3) is 0 Å². The molecular weight excluding hydrogens is 222 g/mol. The van der Waals surface area contributed by atoms with Crippen molar-refractivity contribution in [3.05, 3.63) is 42.0 Å². The lowest BCUT2D eigenvalue weighted by Crippen LogP contribution is -2.12. The van der Waals surface area contributed by atoms with Gasteiger partial charge in [-0.25, -0.2) is 4.98 Å². The number of hydrogen-bond acceptors (Lipinski definition) is 2. The number of imidazole rings is 1. The molecule has 0 fully saturated rings. The second-order valence-electron chi connectivity index (χ2n) is 4.84. The average molecular weight is 241 g/mol. The van der Waals surface area contributed by atoms with Crippen molar-refractivity contribution in [2.24, 2.45) is 0 Å². The van der Waals surface area contributed by atoms with E-state index < -0.39 is 0 Å². The summed E-state index contributed by atoms with van der Waals surface area (Å²) in [6.07, 6.45) is 8.51. The Kier molecular flexibility index (Phi) is 3.05. The van der Waals surface area contributed by atoms with Crippen LogP contribution >= 0.6 is 0 Å². The summed E-state index contributed by atoms with van der Waals surface area (Å²) >= 11 is 0. The van der Waals surface area contributed by atoms with Crippen molar-refractivity contribution in [3.63, 3.8) is 0 Å². The summed E-state index contributed by atoms with van der Waals surface area (Å²) in [5.74, 6) is 1.15. The first kappa shape index (κ1) is 11.3. The fourth-order valence-electron chi connectivity index (χ4n) is 2.58. The van der Waals surface area contributed by atoms with Gasteiger partial charge in [0, 0.05) is 36.7 Å². The highest BCUT2D eigenvalue weighted by Gasteiger charge is 2.10. The minimum absolute atomic E-state index is 1.03. The third kappa shape index (κ3) is 2.01. The SMILES string of the molecule is CCCc1nccn1-c1ccc2c(c1)NCCC2. The molecule has 0 aliphatic carbocycles. The lowest BCUT2D eigenvalue weighted by molar-refractivity contribution is 0.804. The third-order valence-corrected chi connectivity index (χ3v) is 3.50. The van der Waals surface area contributed by atoms with Gasteiger partial charge in [-0.05, 0) is 37.0 Å². The van der Waals surface area contributed by atoms with Crippen LogP contribution in [0.5, 0.6) is 0 Å². The largest absolute Gasteiger partial charge is 0.385 e. The van der Waals surface area contributed by atoms with Gasteiger partial charge in [-0.3, -0.25) is 0 Å². The molecule has 3 heteroatoms. The molecule has 1 aromatic carbocycles. The van der Waals surface area contributed by atoms with E-state index in [1.54, 1.807) is 0 Å². The molecule has 0 bridgehead atoms. The lowest BCUT2D eigenvalue weighted by atomic mass is 10.0. The highest BCUT2D eigenvalue weighted by Crippen LogP contribution is 2.25. The first-order chi connectivity index (χ1) is 8.88. The summed E-state index contributed by atoms with van der Waals surface area (Å²) in [5, 5.41) is 3.48. The number of benzene rings is 1. The fraction of sp³-hybridized carbons (Fsp3) is 0.400. The average Bonchev–Trinajstić information content (AvgIpc) is 2.87. The summed E-state index contributed by atoms with van der Waals surface area (Å²) in [6, 6.07) is 6.69. The van der Waals surface area contributed by atoms with Gasteiger partial charge in [0.15, 0.2) is 0 Å². The van der Waals surface area contributed by atoms with E-state index in [-0.39, 0.29) is 0 Å². The van der Waals surface area contributed by atoms with Gasteiger partial charge >= 0.3 is 0 Å². The fourth-order valence-corrected chi connectivity index (χ4v) is 2.58. The summed E-state index contributed by atoms with van der Waals surface area (Å²) in [5.41, 5.74) is 3.93. The zero-order valence-electron chi connectivity index (χ0n) is 10.8. The Bertz CT molecular complexity index is 542. The van der Waals surface area contributed by atoms with Gasteiger partial charge < -0.3 is 9.88 Å². The topological polar surface area (TPSA) is 29.9 Å². The summed E-state index contributed by atoms with van der Waals surface area (Å²) in [6.45, 7) is 3.27. The van der Waals surface area contributed by atoms with E-state index in [0.29, 0.717) is 0 Å². The van der Waals surface area contributed by atoms with Crippen molar-refractivity contribution in [3.8, 4) is 5.69 Å². The van der Waals surface area contributed by atoms with Gasteiger partial charge in [0.2, 0.25) is 0 Å². The molecule has 3 rings (SSSR count). The third-order valence-electron chi connectivity index (χ3n) is 3.50. The Morgan fingerprint density at radius 2 is 2.33 bits per heavy atom. The maximum Gasteiger partial charge on any atom is 0.113 e. The van der Waals surface area contributed by atoms with Gasteiger partial charge in [-0.15, -0.1) is 0 Å². The van der Waals surface area contributed by atoms with Crippen LogP contribution in [0, 0.1) is 0 Å². The van der Waals surface area contributed by atoms with Gasteiger partial charge in [0.1, 0.15) is 5.82 Å². The Hall–Kier alpha value is -1.77. The Labute approximate surface area is 108 Å². The molecule has 94 valence electrons. The molecule has 0 saturated carbocycles. The van der Waals surface area contributed by atoms with Gasteiger partial charge in [0.05, 0.1) is 0 Å². The van der Waals surface area contributed by atoms with Crippen LogP contribution in [0.4, 0.5) is 5.69 Å². The standard InChI is InChI=1S/C15H19N3/c1-2-4-15-17-9-10-18(15)13-7-6-12-5-3-8-16-14(12)11-13/h6-7,9-11,16H,2-5,8H2,1H3. The van der Waals surface area contributed by atoms with Crippen molar-refractivity contribution in [1.82, 2.24) is 9.55 Å². The highest BCUT2D eigenvalue weighted by atomic mass is 15.1. The normalized spacial score (nSPS) is 14.1. The monoisotopic (exact) mass is 241 g/mol. The van der Waals surface area contributed by atoms with Crippen LogP contribution in [0.15, 0.2) is 30.6 Å². The molecule has 1 aliphatic heterocycles. The molecule has 1 N–H and O–H groups in total. The highest BCUT2D eigenvalue weighted by molar-refractivity contribution is 5.58. The second-order valence-corrected chi connectivity index (χ2v) is 4.84. The zero-order valence-corrected chi connectivity index (χ0v) is 10.8. The molecule has 3 nitrogen and oxygen atoms in total. The van der Waals surface area contributed by atoms with E-state index in [0.717, 1.165) is 25.2 Å². The van der Waals surface area contributed by atoms with Crippen LogP contribution < -0.4 is 5.32 Å². The second kappa shape index (κ2) is 4.84. The van der Waals surface area contributed by atoms with Crippen LogP contribution in [0.3, 0.4) is 0 Å². The minimum atomic E-state index is 1.03. The number of rotatable bonds is 3. The number of aromatic nitrogens is 2. The van der Waals surface area contributed by atoms with Crippen LogP contribution in [0.2, 0.25) is 0 Å². The Morgan fingerprint density at radius 3 is 3.22 bits per heavy atom. The van der Waals surface area contributed by atoms with Crippen molar-refractivity contribution in [2.45, 2.75) is 32.6 Å². The predicted molar refractivity (Wildman–Crippen MR) is 74.4 cm³/mol. The Balaban J connectivity index is 1.98. The first-order valence-electron chi connectivity index (χ1n) is 6.78. The van der Waals surface area contributed by atoms with Crippen molar-refractivity contribution < 1.29 is 0 Å². The van der Waals surface area contributed by atoms with Crippen LogP contribution in [-0.4, -0.2) is 16.1 Å². The van der Waals surface area contributed by atoms with Gasteiger partial charge in [-0.1, -0.05) is 13.0 Å². The summed E-state index contributed by atoms with van der Waals surface area (Å²) in [7, 11) is 0. The molecule has 2 aromatic rings. The molecule has 0 unspecified atom stereocenters. The molecule has 0 atom stereocenters. The molecule has 1 aliphatic rings. The Morgan fingerprint density at radius 1 is 1.39 bits per heavy atom. The van der Waals surface area contributed by atoms with E-state index in [4.69, 9.17) is 0 Å². The minimum Gasteiger partial charge on any atom is -0.385 e. The van der Waals surface area contributed by atoms with E-state index in [9.17, 15) is 0 Å². The number of nitrogens with zero attached hydrogens (tertiary/aromatic N) is 2. The van der Waals surface area contributed by atoms with Crippen LogP contribution in [-0.2, 0) is 12.8 Å². The molecule has 2 heterocycles. The molecule has 0 radical (unpaired) electrons. The summed E-state index contributed by atoms with van der Waals surface area (Å²) < 4.78 is 2.19. The molecule has 1 aromatic heterocycles. The maximum absolute atomic E-state index is 4.44. The van der Waals surface area contributed by atoms with Crippen molar-refractivity contribution in [1.29, 1.82) is 0 Å². The number of aryl methyl sites for hydroxylation is 2. The molecule has 0 spiro atoms. The van der Waals surface area contributed by atoms with Crippen LogP contribution in [0.1, 0.15) is 31.2 Å². The summed E-state index contributed by atoms with van der Waals surface area (Å²) in [4.78, 5) is 4.44. The quantitative estimate of drug-likeness (QED) is 0.894. The number of hydrogen-bond donors (Lipinski definition) is 1. The zero-order chi connectivity index (χ0) is 12.4. The predicted octanol–water partition coefficient (Wildman–Crippen LogP) is 3.18. The smallest absolute Gasteiger partial charge is 0.113 e. The molecular formula is C15H19N3. The molecule has 0 saturated heterocycles. The molecule has 0 amide bonds. The number of nitrogens with one attached hydrogen (secondary N) is 1. The molecule has 18 heavy (non-hydrogen) atoms. The van der Waals surface area contributed by atoms with Crippen molar-refractivity contribution >= 4 is 5.69 Å². The van der Waals surface area contributed by atoms with Crippen molar-refractivity contribution in [2.75, 3.05) is 11.9 Å².